The van der Waals surface area contributed by atoms with Gasteiger partial charge < -0.3 is 15.0 Å². The molecule has 0 aromatic heterocycles. The fourth-order valence-electron chi connectivity index (χ4n) is 5.05. The van der Waals surface area contributed by atoms with Crippen LogP contribution in [0.3, 0.4) is 0 Å². The van der Waals surface area contributed by atoms with Crippen LogP contribution in [0, 0.1) is 6.92 Å². The predicted molar refractivity (Wildman–Crippen MR) is 168 cm³/mol. The van der Waals surface area contributed by atoms with Gasteiger partial charge in [-0.1, -0.05) is 58.6 Å². The van der Waals surface area contributed by atoms with E-state index >= 15 is 0 Å². The minimum Gasteiger partial charge on any atom is -0.494 e. The van der Waals surface area contributed by atoms with E-state index in [4.69, 9.17) is 4.74 Å². The Hall–Kier alpha value is -3.37. The molecule has 1 saturated carbocycles. The molecule has 8 nitrogen and oxygen atoms in total. The summed E-state index contributed by atoms with van der Waals surface area (Å²) in [4.78, 5) is 28.9. The lowest BCUT2D eigenvalue weighted by molar-refractivity contribution is -0.139. The number of halogens is 1. The van der Waals surface area contributed by atoms with Crippen molar-refractivity contribution >= 4 is 43.5 Å². The van der Waals surface area contributed by atoms with Crippen LogP contribution in [0.15, 0.2) is 82.2 Å². The molecule has 1 unspecified atom stereocenters. The lowest BCUT2D eigenvalue weighted by atomic mass is 10.1. The van der Waals surface area contributed by atoms with Crippen molar-refractivity contribution in [2.24, 2.45) is 0 Å². The summed E-state index contributed by atoms with van der Waals surface area (Å²) in [5, 5.41) is 3.09. The third-order valence-corrected chi connectivity index (χ3v) is 9.72. The molecule has 2 amide bonds. The summed E-state index contributed by atoms with van der Waals surface area (Å²) in [7, 11) is -4.15. The maximum Gasteiger partial charge on any atom is 0.264 e. The van der Waals surface area contributed by atoms with Gasteiger partial charge in [0.2, 0.25) is 11.8 Å². The Morgan fingerprint density at radius 1 is 1.02 bits per heavy atom. The first-order valence-corrected chi connectivity index (χ1v) is 16.5. The first-order chi connectivity index (χ1) is 20.1. The van der Waals surface area contributed by atoms with Gasteiger partial charge in [-0.05, 0) is 87.7 Å². The number of amides is 2. The van der Waals surface area contributed by atoms with Crippen LogP contribution in [0.2, 0.25) is 0 Å². The van der Waals surface area contributed by atoms with Gasteiger partial charge in [-0.2, -0.15) is 0 Å². The Kier molecular flexibility index (Phi) is 10.7. The van der Waals surface area contributed by atoms with E-state index in [-0.39, 0.29) is 23.4 Å². The summed E-state index contributed by atoms with van der Waals surface area (Å²) in [6.45, 7) is 5.57. The number of nitrogens with one attached hydrogen (secondary N) is 1. The zero-order valence-corrected chi connectivity index (χ0v) is 26.7. The molecule has 0 radical (unpaired) electrons. The molecule has 4 rings (SSSR count). The lowest BCUT2D eigenvalue weighted by Gasteiger charge is -2.32. The van der Waals surface area contributed by atoms with Crippen LogP contribution in [-0.4, -0.2) is 50.4 Å². The van der Waals surface area contributed by atoms with E-state index < -0.39 is 28.5 Å². The van der Waals surface area contributed by atoms with Gasteiger partial charge in [0, 0.05) is 17.1 Å². The first-order valence-electron chi connectivity index (χ1n) is 14.2. The van der Waals surface area contributed by atoms with Crippen LogP contribution in [0.5, 0.6) is 5.75 Å². The quantitative estimate of drug-likeness (QED) is 0.265. The van der Waals surface area contributed by atoms with Crippen molar-refractivity contribution < 1.29 is 22.7 Å². The smallest absolute Gasteiger partial charge is 0.264 e. The molecule has 224 valence electrons. The molecule has 0 heterocycles. The highest BCUT2D eigenvalue weighted by Crippen LogP contribution is 2.27. The molecule has 1 aliphatic carbocycles. The number of hydrogen-bond acceptors (Lipinski definition) is 5. The van der Waals surface area contributed by atoms with Gasteiger partial charge in [0.15, 0.2) is 0 Å². The molecule has 1 fully saturated rings. The highest BCUT2D eigenvalue weighted by molar-refractivity contribution is 9.10. The SMILES string of the molecule is CCOc1ccc(S(=O)(=O)N(CC(=O)N(Cc2cccc(Br)c2)C(C)C(=O)NC2CCCC2)c2ccc(C)cc2)cc1. The molecule has 1 atom stereocenters. The third kappa shape index (κ3) is 7.92. The number of nitrogens with zero attached hydrogens (tertiary/aromatic N) is 2. The maximum atomic E-state index is 14.1. The highest BCUT2D eigenvalue weighted by Gasteiger charge is 2.33. The molecule has 42 heavy (non-hydrogen) atoms. The fourth-order valence-corrected chi connectivity index (χ4v) is 6.91. The van der Waals surface area contributed by atoms with Gasteiger partial charge in [-0.25, -0.2) is 8.42 Å². The van der Waals surface area contributed by atoms with Crippen LogP contribution in [0.25, 0.3) is 0 Å². The summed E-state index contributed by atoms with van der Waals surface area (Å²) in [6, 6.07) is 19.9. The number of carbonyl (C=O) groups is 2. The van der Waals surface area contributed by atoms with E-state index in [1.54, 1.807) is 43.3 Å². The number of aryl methyl sites for hydroxylation is 1. The number of ether oxygens (including phenoxy) is 1. The molecule has 3 aromatic carbocycles. The lowest BCUT2D eigenvalue weighted by Crippen LogP contribution is -2.52. The first kappa shape index (κ1) is 31.6. The van der Waals surface area contributed by atoms with Gasteiger partial charge in [0.1, 0.15) is 18.3 Å². The number of benzene rings is 3. The van der Waals surface area contributed by atoms with Gasteiger partial charge >= 0.3 is 0 Å². The Morgan fingerprint density at radius 3 is 2.31 bits per heavy atom. The highest BCUT2D eigenvalue weighted by atomic mass is 79.9. The maximum absolute atomic E-state index is 14.1. The monoisotopic (exact) mass is 655 g/mol. The van der Waals surface area contributed by atoms with E-state index in [1.165, 1.54) is 17.0 Å². The Bertz CT molecular complexity index is 1470. The zero-order valence-electron chi connectivity index (χ0n) is 24.3. The summed E-state index contributed by atoms with van der Waals surface area (Å²) < 4.78 is 35.5. The van der Waals surface area contributed by atoms with Gasteiger partial charge in [0.05, 0.1) is 17.2 Å². The Morgan fingerprint density at radius 2 is 1.69 bits per heavy atom. The second-order valence-corrected chi connectivity index (χ2v) is 13.3. The third-order valence-electron chi connectivity index (χ3n) is 7.43. The average molecular weight is 657 g/mol. The number of hydrogen-bond donors (Lipinski definition) is 1. The number of sulfonamides is 1. The van der Waals surface area contributed by atoms with Crippen LogP contribution in [0.4, 0.5) is 5.69 Å². The summed E-state index contributed by atoms with van der Waals surface area (Å²) in [6.07, 6.45) is 3.96. The Balaban J connectivity index is 1.67. The van der Waals surface area contributed by atoms with Gasteiger partial charge in [0.25, 0.3) is 10.0 Å². The second-order valence-electron chi connectivity index (χ2n) is 10.6. The van der Waals surface area contributed by atoms with E-state index in [0.29, 0.717) is 18.0 Å². The van der Waals surface area contributed by atoms with Crippen molar-refractivity contribution in [1.82, 2.24) is 10.2 Å². The number of rotatable bonds is 12. The van der Waals surface area contributed by atoms with Crippen LogP contribution in [-0.2, 0) is 26.2 Å². The molecule has 0 saturated heterocycles. The molecule has 0 aliphatic heterocycles. The fraction of sp³-hybridized carbons (Fsp3) is 0.375. The Labute approximate surface area is 257 Å². The topological polar surface area (TPSA) is 96.0 Å². The van der Waals surface area contributed by atoms with E-state index in [1.807, 2.05) is 38.1 Å². The van der Waals surface area contributed by atoms with Crippen molar-refractivity contribution in [2.75, 3.05) is 17.5 Å². The van der Waals surface area contributed by atoms with Crippen molar-refractivity contribution in [3.05, 3.63) is 88.4 Å². The van der Waals surface area contributed by atoms with Crippen molar-refractivity contribution in [3.63, 3.8) is 0 Å². The normalized spacial score (nSPS) is 14.3. The summed E-state index contributed by atoms with van der Waals surface area (Å²) >= 11 is 3.48. The average Bonchev–Trinajstić information content (AvgIpc) is 3.48. The van der Waals surface area contributed by atoms with Crippen molar-refractivity contribution in [2.45, 2.75) is 70.0 Å². The summed E-state index contributed by atoms with van der Waals surface area (Å²) in [5.74, 6) is -0.183. The molecular weight excluding hydrogens is 618 g/mol. The van der Waals surface area contributed by atoms with Crippen molar-refractivity contribution in [1.29, 1.82) is 0 Å². The molecular formula is C32H38BrN3O5S. The molecule has 3 aromatic rings. The largest absolute Gasteiger partial charge is 0.494 e. The minimum atomic E-state index is -4.15. The van der Waals surface area contributed by atoms with Gasteiger partial charge in [-0.3, -0.25) is 13.9 Å². The predicted octanol–water partition coefficient (Wildman–Crippen LogP) is 5.83. The van der Waals surface area contributed by atoms with E-state index in [9.17, 15) is 18.0 Å². The standard InChI is InChI=1S/C32H38BrN3O5S/c1-4-41-29-16-18-30(19-17-29)42(39,40)36(28-14-12-23(2)13-15-28)22-31(37)35(21-25-8-7-9-26(33)20-25)24(3)32(38)34-27-10-5-6-11-27/h7-9,12-20,24,27H,4-6,10-11,21-22H2,1-3H3,(H,34,38). The molecule has 10 heteroatoms. The van der Waals surface area contributed by atoms with E-state index in [0.717, 1.165) is 45.6 Å². The summed E-state index contributed by atoms with van der Waals surface area (Å²) in [5.41, 5.74) is 2.12. The number of carbonyl (C=O) groups excluding carboxylic acids is 2. The second kappa shape index (κ2) is 14.2. The zero-order chi connectivity index (χ0) is 30.3. The van der Waals surface area contributed by atoms with E-state index in [2.05, 4.69) is 21.2 Å². The molecule has 0 spiro atoms. The van der Waals surface area contributed by atoms with Gasteiger partial charge in [-0.15, -0.1) is 0 Å². The van der Waals surface area contributed by atoms with Crippen LogP contribution < -0.4 is 14.4 Å². The van der Waals surface area contributed by atoms with Crippen LogP contribution in [0.1, 0.15) is 50.7 Å². The molecule has 1 N–H and O–H groups in total. The van der Waals surface area contributed by atoms with Crippen LogP contribution >= 0.6 is 15.9 Å². The molecule has 0 bridgehead atoms. The van der Waals surface area contributed by atoms with Crippen molar-refractivity contribution in [3.8, 4) is 5.75 Å². The molecule has 1 aliphatic rings. The number of anilines is 1. The minimum absolute atomic E-state index is 0.0323.